The van der Waals surface area contributed by atoms with Gasteiger partial charge in [0.2, 0.25) is 0 Å². The summed E-state index contributed by atoms with van der Waals surface area (Å²) in [5.74, 6) is 1.73. The molecule has 36 heavy (non-hydrogen) atoms. The maximum atomic E-state index is 4.70. The fourth-order valence-corrected chi connectivity index (χ4v) is 4.57. The molecule has 0 aliphatic carbocycles. The van der Waals surface area contributed by atoms with Gasteiger partial charge in [0.1, 0.15) is 11.6 Å². The summed E-state index contributed by atoms with van der Waals surface area (Å²) in [6, 6.07) is 45.6. The van der Waals surface area contributed by atoms with Crippen LogP contribution in [0, 0.1) is 0 Å². The fourth-order valence-electron chi connectivity index (χ4n) is 4.57. The SMILES string of the molecule is c1ccc(N(c2ccccn2)c2ccc(N(c3ccccc3)c3ccccn3)c3ccccc23)cc1. The second kappa shape index (κ2) is 9.72. The Bertz CT molecular complexity index is 1370. The smallest absolute Gasteiger partial charge is 0.137 e. The third-order valence-corrected chi connectivity index (χ3v) is 6.15. The zero-order valence-electron chi connectivity index (χ0n) is 19.6. The number of rotatable bonds is 6. The summed E-state index contributed by atoms with van der Waals surface area (Å²) in [5.41, 5.74) is 4.24. The predicted octanol–water partition coefficient (Wildman–Crippen LogP) is 8.57. The monoisotopic (exact) mass is 464 g/mol. The van der Waals surface area contributed by atoms with Crippen molar-refractivity contribution >= 4 is 45.2 Å². The molecule has 0 amide bonds. The molecule has 0 radical (unpaired) electrons. The number of para-hydroxylation sites is 2. The first-order valence-corrected chi connectivity index (χ1v) is 11.9. The molecule has 4 aromatic carbocycles. The Morgan fingerprint density at radius 3 is 1.14 bits per heavy atom. The number of benzene rings is 4. The van der Waals surface area contributed by atoms with E-state index in [9.17, 15) is 0 Å². The van der Waals surface area contributed by atoms with Crippen LogP contribution in [0.2, 0.25) is 0 Å². The molecule has 0 bridgehead atoms. The summed E-state index contributed by atoms with van der Waals surface area (Å²) < 4.78 is 0. The third kappa shape index (κ3) is 4.05. The first-order valence-electron chi connectivity index (χ1n) is 11.9. The molecule has 2 heterocycles. The molecule has 6 rings (SSSR count). The van der Waals surface area contributed by atoms with Gasteiger partial charge in [-0.3, -0.25) is 9.80 Å². The number of nitrogens with zero attached hydrogens (tertiary/aromatic N) is 4. The maximum Gasteiger partial charge on any atom is 0.137 e. The second-order valence-corrected chi connectivity index (χ2v) is 8.37. The molecule has 4 nitrogen and oxygen atoms in total. The third-order valence-electron chi connectivity index (χ3n) is 6.15. The van der Waals surface area contributed by atoms with Crippen LogP contribution in [-0.4, -0.2) is 9.97 Å². The van der Waals surface area contributed by atoms with Gasteiger partial charge in [-0.25, -0.2) is 9.97 Å². The van der Waals surface area contributed by atoms with Gasteiger partial charge in [0.25, 0.3) is 0 Å². The fraction of sp³-hybridized carbons (Fsp3) is 0. The van der Waals surface area contributed by atoms with Crippen LogP contribution in [0.3, 0.4) is 0 Å². The Morgan fingerprint density at radius 1 is 0.361 bits per heavy atom. The van der Waals surface area contributed by atoms with Crippen molar-refractivity contribution in [3.63, 3.8) is 0 Å². The van der Waals surface area contributed by atoms with Gasteiger partial charge in [-0.05, 0) is 60.7 Å². The molecule has 0 aliphatic rings. The van der Waals surface area contributed by atoms with Gasteiger partial charge in [-0.1, -0.05) is 72.8 Å². The van der Waals surface area contributed by atoms with Crippen LogP contribution in [0.25, 0.3) is 10.8 Å². The van der Waals surface area contributed by atoms with Crippen molar-refractivity contribution in [3.8, 4) is 0 Å². The lowest BCUT2D eigenvalue weighted by Crippen LogP contribution is -2.14. The molecular weight excluding hydrogens is 440 g/mol. The van der Waals surface area contributed by atoms with Crippen molar-refractivity contribution < 1.29 is 0 Å². The lowest BCUT2D eigenvalue weighted by atomic mass is 10.0. The second-order valence-electron chi connectivity index (χ2n) is 8.37. The van der Waals surface area contributed by atoms with Gasteiger partial charge in [0.05, 0.1) is 11.4 Å². The minimum atomic E-state index is 0.867. The van der Waals surface area contributed by atoms with Gasteiger partial charge in [0.15, 0.2) is 0 Å². The van der Waals surface area contributed by atoms with Crippen molar-refractivity contribution in [1.82, 2.24) is 9.97 Å². The molecule has 0 unspecified atom stereocenters. The average Bonchev–Trinajstić information content (AvgIpc) is 2.97. The summed E-state index contributed by atoms with van der Waals surface area (Å²) in [5, 5.41) is 2.25. The molecule has 6 aromatic rings. The van der Waals surface area contributed by atoms with Gasteiger partial charge in [0, 0.05) is 34.5 Å². The van der Waals surface area contributed by atoms with E-state index in [4.69, 9.17) is 9.97 Å². The van der Waals surface area contributed by atoms with E-state index < -0.39 is 0 Å². The number of hydrogen-bond acceptors (Lipinski definition) is 4. The highest BCUT2D eigenvalue weighted by molar-refractivity contribution is 6.06. The summed E-state index contributed by atoms with van der Waals surface area (Å²) in [6.07, 6.45) is 3.67. The Morgan fingerprint density at radius 2 is 0.750 bits per heavy atom. The van der Waals surface area contributed by atoms with E-state index in [1.54, 1.807) is 0 Å². The highest BCUT2D eigenvalue weighted by Crippen LogP contribution is 2.44. The van der Waals surface area contributed by atoms with E-state index in [2.05, 4.69) is 94.7 Å². The lowest BCUT2D eigenvalue weighted by molar-refractivity contribution is 1.17. The molecule has 0 aliphatic heterocycles. The zero-order valence-corrected chi connectivity index (χ0v) is 19.6. The molecule has 172 valence electrons. The topological polar surface area (TPSA) is 32.3 Å². The first-order chi connectivity index (χ1) is 17.9. The van der Waals surface area contributed by atoms with Crippen molar-refractivity contribution in [2.45, 2.75) is 0 Å². The van der Waals surface area contributed by atoms with Crippen LogP contribution < -0.4 is 9.80 Å². The first kappa shape index (κ1) is 21.6. The van der Waals surface area contributed by atoms with E-state index in [1.807, 2.05) is 60.9 Å². The number of anilines is 6. The molecule has 0 fully saturated rings. The standard InChI is InChI=1S/C32H24N4/c1-3-13-25(14-4-1)35(31-19-9-11-23-33-31)29-21-22-30(28-18-8-7-17-27(28)29)36(26-15-5-2-6-16-26)32-20-10-12-24-34-32/h1-24H. The van der Waals surface area contributed by atoms with Crippen molar-refractivity contribution in [3.05, 3.63) is 146 Å². The summed E-state index contributed by atoms with van der Waals surface area (Å²) in [7, 11) is 0. The highest BCUT2D eigenvalue weighted by Gasteiger charge is 2.21. The number of hydrogen-bond donors (Lipinski definition) is 0. The van der Waals surface area contributed by atoms with Gasteiger partial charge in [-0.15, -0.1) is 0 Å². The molecule has 4 heteroatoms. The minimum absolute atomic E-state index is 0.867. The van der Waals surface area contributed by atoms with Crippen LogP contribution in [-0.2, 0) is 0 Å². The Kier molecular flexibility index (Phi) is 5.83. The number of fused-ring (bicyclic) bond motifs is 1. The molecule has 0 spiro atoms. The lowest BCUT2D eigenvalue weighted by Gasteiger charge is -2.29. The van der Waals surface area contributed by atoms with E-state index in [1.165, 1.54) is 0 Å². The largest absolute Gasteiger partial charge is 0.294 e. The van der Waals surface area contributed by atoms with Crippen molar-refractivity contribution in [2.24, 2.45) is 0 Å². The Hall–Kier alpha value is -4.96. The zero-order chi connectivity index (χ0) is 24.2. The summed E-state index contributed by atoms with van der Waals surface area (Å²) in [6.45, 7) is 0. The van der Waals surface area contributed by atoms with E-state index in [0.717, 1.165) is 45.2 Å². The van der Waals surface area contributed by atoms with Gasteiger partial charge in [-0.2, -0.15) is 0 Å². The van der Waals surface area contributed by atoms with E-state index >= 15 is 0 Å². The van der Waals surface area contributed by atoms with Crippen LogP contribution in [0.1, 0.15) is 0 Å². The number of aromatic nitrogens is 2. The van der Waals surface area contributed by atoms with Gasteiger partial charge < -0.3 is 0 Å². The minimum Gasteiger partial charge on any atom is -0.294 e. The van der Waals surface area contributed by atoms with E-state index in [0.29, 0.717) is 0 Å². The van der Waals surface area contributed by atoms with E-state index in [-0.39, 0.29) is 0 Å². The maximum absolute atomic E-state index is 4.70. The Balaban J connectivity index is 1.60. The molecular formula is C32H24N4. The predicted molar refractivity (Wildman–Crippen MR) is 149 cm³/mol. The van der Waals surface area contributed by atoms with Crippen LogP contribution in [0.5, 0.6) is 0 Å². The van der Waals surface area contributed by atoms with Gasteiger partial charge >= 0.3 is 0 Å². The normalized spacial score (nSPS) is 10.8. The molecule has 0 saturated carbocycles. The van der Waals surface area contributed by atoms with Crippen LogP contribution >= 0.6 is 0 Å². The average molecular weight is 465 g/mol. The molecule has 2 aromatic heterocycles. The van der Waals surface area contributed by atoms with Crippen LogP contribution in [0.4, 0.5) is 34.4 Å². The number of pyridine rings is 2. The quantitative estimate of drug-likeness (QED) is 0.247. The molecule has 0 atom stereocenters. The van der Waals surface area contributed by atoms with Crippen LogP contribution in [0.15, 0.2) is 146 Å². The molecule has 0 N–H and O–H groups in total. The Labute approximate surface area is 210 Å². The van der Waals surface area contributed by atoms with Crippen molar-refractivity contribution in [2.75, 3.05) is 9.80 Å². The highest BCUT2D eigenvalue weighted by atomic mass is 15.2. The summed E-state index contributed by atoms with van der Waals surface area (Å²) >= 11 is 0. The summed E-state index contributed by atoms with van der Waals surface area (Å²) in [4.78, 5) is 13.8. The molecule has 0 saturated heterocycles. The van der Waals surface area contributed by atoms with Crippen molar-refractivity contribution in [1.29, 1.82) is 0 Å².